The number of amides is 1. The molecule has 0 radical (unpaired) electrons. The van der Waals surface area contributed by atoms with E-state index in [-0.39, 0.29) is 12.5 Å². The van der Waals surface area contributed by atoms with Crippen LogP contribution in [0.2, 0.25) is 5.15 Å². The summed E-state index contributed by atoms with van der Waals surface area (Å²) >= 11 is 6.10. The van der Waals surface area contributed by atoms with Crippen LogP contribution in [0.5, 0.6) is 0 Å². The van der Waals surface area contributed by atoms with E-state index in [4.69, 9.17) is 11.6 Å². The molecule has 1 fully saturated rings. The zero-order valence-corrected chi connectivity index (χ0v) is 14.3. The Morgan fingerprint density at radius 1 is 1.29 bits per heavy atom. The number of nitrogens with one attached hydrogen (secondary N) is 1. The van der Waals surface area contributed by atoms with Crippen molar-refractivity contribution in [1.29, 1.82) is 0 Å². The van der Waals surface area contributed by atoms with Gasteiger partial charge in [0.15, 0.2) is 0 Å². The van der Waals surface area contributed by atoms with Crippen LogP contribution in [-0.2, 0) is 6.61 Å². The van der Waals surface area contributed by atoms with Crippen LogP contribution >= 0.6 is 11.6 Å². The van der Waals surface area contributed by atoms with Gasteiger partial charge in [-0.1, -0.05) is 23.7 Å². The number of aromatic nitrogens is 1. The first-order valence-electron chi connectivity index (χ1n) is 8.01. The van der Waals surface area contributed by atoms with Crippen molar-refractivity contribution in [1.82, 2.24) is 4.98 Å². The minimum absolute atomic E-state index is 0.0661. The molecule has 5 nitrogen and oxygen atoms in total. The van der Waals surface area contributed by atoms with Crippen molar-refractivity contribution in [3.8, 4) is 0 Å². The summed E-state index contributed by atoms with van der Waals surface area (Å²) in [6, 6.07) is 8.83. The van der Waals surface area contributed by atoms with Crippen LogP contribution in [0.1, 0.15) is 34.3 Å². The van der Waals surface area contributed by atoms with Crippen LogP contribution in [0, 0.1) is 6.92 Å². The lowest BCUT2D eigenvalue weighted by atomic mass is 10.1. The second kappa shape index (κ2) is 7.20. The maximum atomic E-state index is 12.6. The second-order valence-electron chi connectivity index (χ2n) is 5.99. The monoisotopic (exact) mass is 345 g/mol. The van der Waals surface area contributed by atoms with Gasteiger partial charge in [-0.3, -0.25) is 4.79 Å². The first-order valence-corrected chi connectivity index (χ1v) is 8.39. The van der Waals surface area contributed by atoms with Gasteiger partial charge in [0.05, 0.1) is 6.61 Å². The fourth-order valence-electron chi connectivity index (χ4n) is 2.82. The van der Waals surface area contributed by atoms with Gasteiger partial charge < -0.3 is 15.3 Å². The molecule has 1 aliphatic rings. The first kappa shape index (κ1) is 16.7. The second-order valence-corrected chi connectivity index (χ2v) is 6.38. The number of anilines is 2. The summed E-state index contributed by atoms with van der Waals surface area (Å²) in [5.41, 5.74) is 2.84. The normalized spacial score (nSPS) is 14.0. The topological polar surface area (TPSA) is 65.5 Å². The quantitative estimate of drug-likeness (QED) is 0.834. The molecule has 0 aliphatic carbocycles. The van der Waals surface area contributed by atoms with Crippen molar-refractivity contribution in [3.63, 3.8) is 0 Å². The number of halogens is 1. The van der Waals surface area contributed by atoms with Crippen LogP contribution < -0.4 is 10.2 Å². The summed E-state index contributed by atoms with van der Waals surface area (Å²) < 4.78 is 0. The molecule has 2 aromatic rings. The number of carbonyl (C=O) groups is 1. The van der Waals surface area contributed by atoms with E-state index in [0.29, 0.717) is 16.4 Å². The van der Waals surface area contributed by atoms with Gasteiger partial charge in [0.25, 0.3) is 5.91 Å². The van der Waals surface area contributed by atoms with Crippen LogP contribution in [0.25, 0.3) is 0 Å². The molecule has 0 atom stereocenters. The number of benzene rings is 1. The number of pyridine rings is 1. The molecule has 2 heterocycles. The summed E-state index contributed by atoms with van der Waals surface area (Å²) in [6.07, 6.45) is 2.26. The third-order valence-corrected chi connectivity index (χ3v) is 4.40. The molecule has 126 valence electrons. The van der Waals surface area contributed by atoms with E-state index >= 15 is 0 Å². The number of carbonyl (C=O) groups excluding carboxylic acids is 1. The molecule has 1 saturated heterocycles. The number of rotatable bonds is 4. The van der Waals surface area contributed by atoms with E-state index in [1.807, 2.05) is 19.1 Å². The van der Waals surface area contributed by atoms with Crippen molar-refractivity contribution in [2.45, 2.75) is 26.4 Å². The Kier molecular flexibility index (Phi) is 5.02. The van der Waals surface area contributed by atoms with E-state index in [2.05, 4.69) is 15.2 Å². The van der Waals surface area contributed by atoms with Crippen LogP contribution in [0.4, 0.5) is 11.5 Å². The highest BCUT2D eigenvalue weighted by Crippen LogP contribution is 2.23. The van der Waals surface area contributed by atoms with Gasteiger partial charge >= 0.3 is 0 Å². The number of hydrogen-bond donors (Lipinski definition) is 2. The van der Waals surface area contributed by atoms with E-state index in [1.54, 1.807) is 18.2 Å². The molecule has 1 aromatic carbocycles. The Morgan fingerprint density at radius 3 is 2.75 bits per heavy atom. The molecule has 2 N–H and O–H groups in total. The number of aryl methyl sites for hydroxylation is 1. The van der Waals surface area contributed by atoms with Crippen LogP contribution in [0.3, 0.4) is 0 Å². The number of nitrogens with zero attached hydrogens (tertiary/aromatic N) is 2. The van der Waals surface area contributed by atoms with E-state index in [9.17, 15) is 9.90 Å². The molecule has 1 amide bonds. The van der Waals surface area contributed by atoms with Gasteiger partial charge in [-0.15, -0.1) is 0 Å². The van der Waals surface area contributed by atoms with E-state index < -0.39 is 0 Å². The molecular formula is C18H20ClN3O2. The summed E-state index contributed by atoms with van der Waals surface area (Å²) in [5, 5.41) is 12.5. The lowest BCUT2D eigenvalue weighted by Crippen LogP contribution is -2.20. The summed E-state index contributed by atoms with van der Waals surface area (Å²) in [4.78, 5) is 19.1. The average Bonchev–Trinajstić information content (AvgIpc) is 3.11. The Labute approximate surface area is 146 Å². The molecule has 6 heteroatoms. The predicted molar refractivity (Wildman–Crippen MR) is 95.7 cm³/mol. The highest BCUT2D eigenvalue weighted by Gasteiger charge is 2.17. The lowest BCUT2D eigenvalue weighted by molar-refractivity contribution is 0.102. The van der Waals surface area contributed by atoms with Crippen molar-refractivity contribution < 1.29 is 9.90 Å². The SMILES string of the molecule is Cc1ccc(CO)cc1NC(=O)c1cc(Cl)nc(N2CCCC2)c1. The summed E-state index contributed by atoms with van der Waals surface area (Å²) in [6.45, 7) is 3.72. The summed E-state index contributed by atoms with van der Waals surface area (Å²) in [5.74, 6) is 0.504. The standard InChI is InChI=1S/C18H20ClN3O2/c1-12-4-5-13(11-23)8-15(12)20-18(24)14-9-16(19)21-17(10-14)22-6-2-3-7-22/h4-5,8-10,23H,2-3,6-7,11H2,1H3,(H,20,24). The molecule has 1 aromatic heterocycles. The van der Waals surface area contributed by atoms with Gasteiger partial charge in [-0.25, -0.2) is 4.98 Å². The zero-order valence-electron chi connectivity index (χ0n) is 13.6. The molecule has 24 heavy (non-hydrogen) atoms. The number of hydrogen-bond acceptors (Lipinski definition) is 4. The van der Waals surface area contributed by atoms with Gasteiger partial charge in [0.2, 0.25) is 0 Å². The minimum atomic E-state index is -0.238. The van der Waals surface area contributed by atoms with E-state index in [1.165, 1.54) is 0 Å². The van der Waals surface area contributed by atoms with Crippen LogP contribution in [-0.4, -0.2) is 29.1 Å². The van der Waals surface area contributed by atoms with E-state index in [0.717, 1.165) is 42.9 Å². The van der Waals surface area contributed by atoms with Gasteiger partial charge in [0.1, 0.15) is 11.0 Å². The Bertz CT molecular complexity index is 758. The minimum Gasteiger partial charge on any atom is -0.392 e. The van der Waals surface area contributed by atoms with Crippen molar-refractivity contribution in [2.75, 3.05) is 23.3 Å². The Balaban J connectivity index is 1.84. The molecule has 0 spiro atoms. The average molecular weight is 346 g/mol. The van der Waals surface area contributed by atoms with Crippen LogP contribution in [0.15, 0.2) is 30.3 Å². The first-order chi connectivity index (χ1) is 11.6. The molecule has 3 rings (SSSR count). The third-order valence-electron chi connectivity index (χ3n) is 4.21. The highest BCUT2D eigenvalue weighted by atomic mass is 35.5. The van der Waals surface area contributed by atoms with Gasteiger partial charge in [-0.05, 0) is 49.1 Å². The number of aliphatic hydroxyl groups excluding tert-OH is 1. The predicted octanol–water partition coefficient (Wildman–Crippen LogP) is 3.39. The van der Waals surface area contributed by atoms with Crippen molar-refractivity contribution >= 4 is 29.0 Å². The zero-order chi connectivity index (χ0) is 17.1. The third kappa shape index (κ3) is 3.68. The smallest absolute Gasteiger partial charge is 0.255 e. The maximum absolute atomic E-state index is 12.6. The maximum Gasteiger partial charge on any atom is 0.255 e. The molecule has 0 saturated carbocycles. The Hall–Kier alpha value is -2.11. The highest BCUT2D eigenvalue weighted by molar-refractivity contribution is 6.30. The fraction of sp³-hybridized carbons (Fsp3) is 0.333. The Morgan fingerprint density at radius 2 is 2.04 bits per heavy atom. The lowest BCUT2D eigenvalue weighted by Gasteiger charge is -2.17. The fourth-order valence-corrected chi connectivity index (χ4v) is 3.02. The molecule has 0 unspecified atom stereocenters. The molecular weight excluding hydrogens is 326 g/mol. The summed E-state index contributed by atoms with van der Waals surface area (Å²) in [7, 11) is 0. The van der Waals surface area contributed by atoms with Crippen molar-refractivity contribution in [3.05, 3.63) is 52.2 Å². The largest absolute Gasteiger partial charge is 0.392 e. The molecule has 0 bridgehead atoms. The molecule has 1 aliphatic heterocycles. The van der Waals surface area contributed by atoms with Crippen molar-refractivity contribution in [2.24, 2.45) is 0 Å². The van der Waals surface area contributed by atoms with Gasteiger partial charge in [0, 0.05) is 24.3 Å². The van der Waals surface area contributed by atoms with Gasteiger partial charge in [-0.2, -0.15) is 0 Å². The number of aliphatic hydroxyl groups is 1.